The van der Waals surface area contributed by atoms with Crippen molar-refractivity contribution in [2.75, 3.05) is 20.2 Å². The number of ether oxygens (including phenoxy) is 2. The molecule has 0 aromatic heterocycles. The van der Waals surface area contributed by atoms with Gasteiger partial charge < -0.3 is 14.4 Å². The fourth-order valence-electron chi connectivity index (χ4n) is 2.75. The van der Waals surface area contributed by atoms with E-state index in [0.29, 0.717) is 5.56 Å². The molecule has 0 aliphatic heterocycles. The van der Waals surface area contributed by atoms with Gasteiger partial charge in [-0.2, -0.15) is 8.78 Å². The maximum absolute atomic E-state index is 12.8. The molecule has 0 saturated heterocycles. The maximum Gasteiger partial charge on any atom is 0.387 e. The van der Waals surface area contributed by atoms with Gasteiger partial charge in [0.25, 0.3) is 5.91 Å². The zero-order valence-corrected chi connectivity index (χ0v) is 17.7. The number of sulfonamides is 1. The molecule has 2 rings (SSSR count). The lowest BCUT2D eigenvalue weighted by molar-refractivity contribution is -0.0514. The van der Waals surface area contributed by atoms with Crippen LogP contribution in [-0.2, 0) is 16.6 Å². The lowest BCUT2D eigenvalue weighted by Crippen LogP contribution is -2.27. The van der Waals surface area contributed by atoms with Gasteiger partial charge in [-0.15, -0.1) is 0 Å². The largest absolute Gasteiger partial charge is 0.490 e. The second-order valence-electron chi connectivity index (χ2n) is 6.28. The smallest absolute Gasteiger partial charge is 0.387 e. The number of alkyl halides is 2. The summed E-state index contributed by atoms with van der Waals surface area (Å²) in [4.78, 5) is 14.1. The van der Waals surface area contributed by atoms with Crippen LogP contribution >= 0.6 is 0 Å². The fourth-order valence-corrected chi connectivity index (χ4v) is 3.83. The number of nitrogens with zero attached hydrogens (tertiary/aromatic N) is 1. The monoisotopic (exact) mass is 442 g/mol. The minimum absolute atomic E-state index is 0.00395. The number of carbonyl (C=O) groups is 1. The van der Waals surface area contributed by atoms with Crippen molar-refractivity contribution in [3.8, 4) is 11.5 Å². The van der Waals surface area contributed by atoms with Gasteiger partial charge in [-0.05, 0) is 42.8 Å². The molecule has 0 aliphatic carbocycles. The number of hydrogen-bond donors (Lipinski definition) is 1. The molecular weight excluding hydrogens is 418 g/mol. The molecule has 2 aromatic carbocycles. The minimum Gasteiger partial charge on any atom is -0.490 e. The van der Waals surface area contributed by atoms with E-state index in [0.717, 1.165) is 0 Å². The van der Waals surface area contributed by atoms with Crippen LogP contribution in [0.2, 0.25) is 0 Å². The van der Waals surface area contributed by atoms with E-state index >= 15 is 0 Å². The molecule has 0 radical (unpaired) electrons. The molecular formula is C20H24F2N2O5S. The Hall–Kier alpha value is -2.72. The van der Waals surface area contributed by atoms with Crippen molar-refractivity contribution < 1.29 is 31.5 Å². The Labute approximate surface area is 174 Å². The van der Waals surface area contributed by atoms with Crippen molar-refractivity contribution in [2.45, 2.75) is 31.9 Å². The summed E-state index contributed by atoms with van der Waals surface area (Å²) >= 11 is 0. The third-order valence-electron chi connectivity index (χ3n) is 4.02. The van der Waals surface area contributed by atoms with Gasteiger partial charge in [0.1, 0.15) is 0 Å². The van der Waals surface area contributed by atoms with Crippen LogP contribution in [0.25, 0.3) is 0 Å². The molecule has 0 aliphatic rings. The Balaban J connectivity index is 2.21. The number of halogens is 2. The second-order valence-corrected chi connectivity index (χ2v) is 8.05. The van der Waals surface area contributed by atoms with Crippen molar-refractivity contribution in [3.05, 3.63) is 53.6 Å². The van der Waals surface area contributed by atoms with Crippen molar-refractivity contribution in [3.63, 3.8) is 0 Å². The Bertz CT molecular complexity index is 983. The lowest BCUT2D eigenvalue weighted by Gasteiger charge is -2.19. The molecule has 0 spiro atoms. The number of nitrogens with one attached hydrogen (secondary N) is 1. The average molecular weight is 442 g/mol. The summed E-state index contributed by atoms with van der Waals surface area (Å²) in [6.07, 6.45) is 0. The first-order valence-electron chi connectivity index (χ1n) is 9.23. The highest BCUT2D eigenvalue weighted by atomic mass is 32.2. The number of hydrogen-bond acceptors (Lipinski definition) is 5. The van der Waals surface area contributed by atoms with Gasteiger partial charge in [-0.1, -0.05) is 19.1 Å². The highest BCUT2D eigenvalue weighted by molar-refractivity contribution is 7.89. The topological polar surface area (TPSA) is 84.9 Å². The third kappa shape index (κ3) is 6.14. The van der Waals surface area contributed by atoms with Crippen LogP contribution in [0.3, 0.4) is 0 Å². The molecule has 164 valence electrons. The number of amides is 1. The van der Waals surface area contributed by atoms with E-state index in [1.54, 1.807) is 27.0 Å². The molecule has 1 amide bonds. The summed E-state index contributed by atoms with van der Waals surface area (Å²) in [7, 11) is -2.14. The van der Waals surface area contributed by atoms with E-state index in [2.05, 4.69) is 9.46 Å². The zero-order chi connectivity index (χ0) is 22.3. The van der Waals surface area contributed by atoms with Crippen molar-refractivity contribution in [1.82, 2.24) is 9.62 Å². The molecule has 0 fully saturated rings. The normalized spacial score (nSPS) is 11.4. The summed E-state index contributed by atoms with van der Waals surface area (Å²) in [6.45, 7) is 1.03. The quantitative estimate of drug-likeness (QED) is 0.611. The lowest BCUT2D eigenvalue weighted by atomic mass is 10.1. The van der Waals surface area contributed by atoms with Crippen LogP contribution < -0.4 is 14.2 Å². The summed E-state index contributed by atoms with van der Waals surface area (Å²) in [5.74, 6) is -0.338. The first-order chi connectivity index (χ1) is 14.2. The number of rotatable bonds is 10. The van der Waals surface area contributed by atoms with Gasteiger partial charge in [0.2, 0.25) is 10.0 Å². The average Bonchev–Trinajstić information content (AvgIpc) is 2.69. The van der Waals surface area contributed by atoms with Gasteiger partial charge in [0, 0.05) is 25.7 Å². The molecule has 7 nitrogen and oxygen atoms in total. The van der Waals surface area contributed by atoms with E-state index in [1.165, 1.54) is 41.3 Å². The van der Waals surface area contributed by atoms with E-state index in [9.17, 15) is 22.0 Å². The first-order valence-corrected chi connectivity index (χ1v) is 10.7. The van der Waals surface area contributed by atoms with E-state index in [-0.39, 0.29) is 41.7 Å². The number of benzene rings is 2. The molecule has 0 atom stereocenters. The molecule has 0 bridgehead atoms. The van der Waals surface area contributed by atoms with Gasteiger partial charge in [-0.3, -0.25) is 4.79 Å². The Morgan fingerprint density at radius 1 is 1.13 bits per heavy atom. The van der Waals surface area contributed by atoms with Crippen LogP contribution in [0.5, 0.6) is 11.5 Å². The molecule has 0 saturated carbocycles. The highest BCUT2D eigenvalue weighted by Crippen LogP contribution is 2.30. The molecule has 0 unspecified atom stereocenters. The summed E-state index contributed by atoms with van der Waals surface area (Å²) in [5, 5.41) is 0. The molecule has 2 aromatic rings. The SMILES string of the molecule is CCNS(=O)(=O)c1cccc(C(=O)N(C)Cc2ccc(OC(F)F)c(OCC)c2)c1. The Morgan fingerprint density at radius 3 is 2.50 bits per heavy atom. The van der Waals surface area contributed by atoms with Gasteiger partial charge >= 0.3 is 6.61 Å². The summed E-state index contributed by atoms with van der Waals surface area (Å²) in [5.41, 5.74) is 0.839. The van der Waals surface area contributed by atoms with Gasteiger partial charge in [-0.25, -0.2) is 13.1 Å². The fraction of sp³-hybridized carbons (Fsp3) is 0.350. The van der Waals surface area contributed by atoms with E-state index < -0.39 is 22.5 Å². The summed E-state index contributed by atoms with van der Waals surface area (Å²) in [6, 6.07) is 10.2. The van der Waals surface area contributed by atoms with Crippen molar-refractivity contribution in [1.29, 1.82) is 0 Å². The van der Waals surface area contributed by atoms with Crippen LogP contribution in [0.15, 0.2) is 47.4 Å². The maximum atomic E-state index is 12.8. The first kappa shape index (κ1) is 23.6. The minimum atomic E-state index is -3.69. The molecule has 0 heterocycles. The van der Waals surface area contributed by atoms with E-state index in [1.807, 2.05) is 0 Å². The Kier molecular flexibility index (Phi) is 8.13. The molecule has 1 N–H and O–H groups in total. The third-order valence-corrected chi connectivity index (χ3v) is 5.56. The second kappa shape index (κ2) is 10.4. The molecule has 10 heteroatoms. The van der Waals surface area contributed by atoms with E-state index in [4.69, 9.17) is 4.74 Å². The van der Waals surface area contributed by atoms with Crippen molar-refractivity contribution in [2.24, 2.45) is 0 Å². The summed E-state index contributed by atoms with van der Waals surface area (Å²) < 4.78 is 61.5. The zero-order valence-electron chi connectivity index (χ0n) is 16.9. The standard InChI is InChI=1S/C20H24F2N2O5S/c1-4-23-30(26,27)16-8-6-7-15(12-16)19(25)24(3)13-14-9-10-17(29-20(21)22)18(11-14)28-5-2/h6-12,20,23H,4-5,13H2,1-3H3. The number of carbonyl (C=O) groups excluding carboxylic acids is 1. The van der Waals surface area contributed by atoms with Crippen LogP contribution in [-0.4, -0.2) is 46.0 Å². The van der Waals surface area contributed by atoms with Crippen LogP contribution in [0.4, 0.5) is 8.78 Å². The van der Waals surface area contributed by atoms with Crippen LogP contribution in [0, 0.1) is 0 Å². The predicted molar refractivity (Wildman–Crippen MR) is 107 cm³/mol. The highest BCUT2D eigenvalue weighted by Gasteiger charge is 2.18. The molecule has 30 heavy (non-hydrogen) atoms. The van der Waals surface area contributed by atoms with Crippen LogP contribution in [0.1, 0.15) is 29.8 Å². The van der Waals surface area contributed by atoms with Gasteiger partial charge in [0.15, 0.2) is 11.5 Å². The van der Waals surface area contributed by atoms with Gasteiger partial charge in [0.05, 0.1) is 11.5 Å². The predicted octanol–water partition coefficient (Wildman–Crippen LogP) is 3.26. The Morgan fingerprint density at radius 2 is 1.87 bits per heavy atom. The van der Waals surface area contributed by atoms with Crippen molar-refractivity contribution >= 4 is 15.9 Å².